The zero-order valence-corrected chi connectivity index (χ0v) is 11.2. The first kappa shape index (κ1) is 12.7. The number of benzene rings is 1. The number of rotatable bonds is 3. The number of nitrogens with zero attached hydrogens (tertiary/aromatic N) is 1. The largest absolute Gasteiger partial charge is 0.486 e. The average Bonchev–Trinajstić information content (AvgIpc) is 2.35. The van der Waals surface area contributed by atoms with Crippen molar-refractivity contribution < 1.29 is 14.3 Å². The molecule has 2 rings (SSSR count). The van der Waals surface area contributed by atoms with Crippen LogP contribution in [-0.4, -0.2) is 37.6 Å². The predicted octanol–water partition coefficient (Wildman–Crippen LogP) is 1.79. The van der Waals surface area contributed by atoms with Gasteiger partial charge in [-0.2, -0.15) is 0 Å². The van der Waals surface area contributed by atoms with Crippen LogP contribution in [0.25, 0.3) is 0 Å². The van der Waals surface area contributed by atoms with Gasteiger partial charge in [0.2, 0.25) is 5.91 Å². The lowest BCUT2D eigenvalue weighted by Crippen LogP contribution is -2.26. The molecule has 1 aromatic rings. The predicted molar refractivity (Wildman–Crippen MR) is 69.2 cm³/mol. The molecule has 0 spiro atoms. The van der Waals surface area contributed by atoms with Gasteiger partial charge in [0.05, 0.1) is 0 Å². The highest BCUT2D eigenvalue weighted by atomic mass is 16.6. The van der Waals surface area contributed by atoms with Crippen molar-refractivity contribution in [2.45, 2.75) is 20.3 Å². The van der Waals surface area contributed by atoms with Crippen LogP contribution in [0.15, 0.2) is 12.1 Å². The van der Waals surface area contributed by atoms with Crippen LogP contribution in [0.2, 0.25) is 0 Å². The van der Waals surface area contributed by atoms with Gasteiger partial charge in [-0.25, -0.2) is 0 Å². The van der Waals surface area contributed by atoms with E-state index in [2.05, 4.69) is 6.92 Å². The SMILES string of the molecule is CC(=O)N(C)CCc1cc2c(cc1C)OCCO2. The molecule has 0 N–H and O–H groups in total. The molecule has 0 aromatic heterocycles. The van der Waals surface area contributed by atoms with Gasteiger partial charge in [0.15, 0.2) is 11.5 Å². The molecule has 0 radical (unpaired) electrons. The van der Waals surface area contributed by atoms with E-state index >= 15 is 0 Å². The van der Waals surface area contributed by atoms with E-state index in [4.69, 9.17) is 9.47 Å². The van der Waals surface area contributed by atoms with E-state index in [1.165, 1.54) is 11.1 Å². The first-order valence-corrected chi connectivity index (χ1v) is 6.19. The third kappa shape index (κ3) is 2.75. The second kappa shape index (κ2) is 5.29. The monoisotopic (exact) mass is 249 g/mol. The molecule has 4 nitrogen and oxygen atoms in total. The first-order chi connectivity index (χ1) is 8.58. The van der Waals surface area contributed by atoms with Crippen LogP contribution in [0.4, 0.5) is 0 Å². The van der Waals surface area contributed by atoms with E-state index < -0.39 is 0 Å². The van der Waals surface area contributed by atoms with Crippen LogP contribution in [0.3, 0.4) is 0 Å². The minimum atomic E-state index is 0.0881. The van der Waals surface area contributed by atoms with Crippen molar-refractivity contribution in [3.05, 3.63) is 23.3 Å². The molecule has 1 heterocycles. The average molecular weight is 249 g/mol. The van der Waals surface area contributed by atoms with Crippen molar-refractivity contribution in [2.24, 2.45) is 0 Å². The quantitative estimate of drug-likeness (QED) is 0.819. The van der Waals surface area contributed by atoms with Gasteiger partial charge in [0, 0.05) is 20.5 Å². The van der Waals surface area contributed by atoms with Crippen LogP contribution in [-0.2, 0) is 11.2 Å². The van der Waals surface area contributed by atoms with Crippen molar-refractivity contribution in [3.63, 3.8) is 0 Å². The summed E-state index contributed by atoms with van der Waals surface area (Å²) >= 11 is 0. The molecule has 1 aliphatic heterocycles. The maximum absolute atomic E-state index is 11.2. The summed E-state index contributed by atoms with van der Waals surface area (Å²) in [6.45, 7) is 5.57. The smallest absolute Gasteiger partial charge is 0.219 e. The Kier molecular flexibility index (Phi) is 3.75. The van der Waals surface area contributed by atoms with Crippen LogP contribution in [0.1, 0.15) is 18.1 Å². The minimum Gasteiger partial charge on any atom is -0.486 e. The second-order valence-corrected chi connectivity index (χ2v) is 4.61. The fourth-order valence-electron chi connectivity index (χ4n) is 1.95. The fraction of sp³-hybridized carbons (Fsp3) is 0.500. The first-order valence-electron chi connectivity index (χ1n) is 6.19. The minimum absolute atomic E-state index is 0.0881. The number of likely N-dealkylation sites (N-methyl/N-ethyl adjacent to an activating group) is 1. The molecule has 18 heavy (non-hydrogen) atoms. The maximum Gasteiger partial charge on any atom is 0.219 e. The molecule has 98 valence electrons. The summed E-state index contributed by atoms with van der Waals surface area (Å²) in [5.74, 6) is 1.72. The molecule has 0 fully saturated rings. The number of hydrogen-bond acceptors (Lipinski definition) is 3. The normalized spacial score (nSPS) is 13.3. The van der Waals surface area contributed by atoms with Crippen molar-refractivity contribution in [2.75, 3.05) is 26.8 Å². The highest BCUT2D eigenvalue weighted by Gasteiger charge is 2.14. The lowest BCUT2D eigenvalue weighted by Gasteiger charge is -2.21. The van der Waals surface area contributed by atoms with Gasteiger partial charge in [0.1, 0.15) is 13.2 Å². The zero-order valence-electron chi connectivity index (χ0n) is 11.2. The number of ether oxygens (including phenoxy) is 2. The lowest BCUT2D eigenvalue weighted by molar-refractivity contribution is -0.127. The molecule has 0 unspecified atom stereocenters. The molecule has 1 aromatic carbocycles. The Bertz CT molecular complexity index is 457. The van der Waals surface area contributed by atoms with Gasteiger partial charge >= 0.3 is 0 Å². The van der Waals surface area contributed by atoms with E-state index in [9.17, 15) is 4.79 Å². The van der Waals surface area contributed by atoms with Crippen molar-refractivity contribution in [1.29, 1.82) is 0 Å². The number of fused-ring (bicyclic) bond motifs is 1. The number of aryl methyl sites for hydroxylation is 1. The maximum atomic E-state index is 11.2. The summed E-state index contributed by atoms with van der Waals surface area (Å²) in [4.78, 5) is 12.9. The van der Waals surface area contributed by atoms with Crippen LogP contribution in [0, 0.1) is 6.92 Å². The lowest BCUT2D eigenvalue weighted by atomic mass is 10.0. The summed E-state index contributed by atoms with van der Waals surface area (Å²) in [5, 5.41) is 0. The van der Waals surface area contributed by atoms with E-state index in [1.807, 2.05) is 19.2 Å². The standard InChI is InChI=1S/C14H19NO3/c1-10-8-13-14(18-7-6-17-13)9-12(10)4-5-15(3)11(2)16/h8-9H,4-7H2,1-3H3. The zero-order chi connectivity index (χ0) is 13.1. The van der Waals surface area contributed by atoms with Gasteiger partial charge in [-0.05, 0) is 36.6 Å². The van der Waals surface area contributed by atoms with Gasteiger partial charge in [0.25, 0.3) is 0 Å². The van der Waals surface area contributed by atoms with E-state index in [0.29, 0.717) is 13.2 Å². The summed E-state index contributed by atoms with van der Waals surface area (Å²) in [7, 11) is 1.82. The second-order valence-electron chi connectivity index (χ2n) is 4.61. The molecule has 4 heteroatoms. The summed E-state index contributed by atoms with van der Waals surface area (Å²) in [6.07, 6.45) is 0.832. The van der Waals surface area contributed by atoms with Crippen LogP contribution in [0.5, 0.6) is 11.5 Å². The number of carbonyl (C=O) groups excluding carboxylic acids is 1. The van der Waals surface area contributed by atoms with E-state index in [-0.39, 0.29) is 5.91 Å². The molecular weight excluding hydrogens is 230 g/mol. The highest BCUT2D eigenvalue weighted by molar-refractivity contribution is 5.72. The molecule has 0 bridgehead atoms. The number of amides is 1. The third-order valence-electron chi connectivity index (χ3n) is 3.25. The fourth-order valence-corrected chi connectivity index (χ4v) is 1.95. The van der Waals surface area contributed by atoms with Gasteiger partial charge < -0.3 is 14.4 Å². The Morgan fingerprint density at radius 3 is 2.50 bits per heavy atom. The number of hydrogen-bond donors (Lipinski definition) is 0. The van der Waals surface area contributed by atoms with E-state index in [0.717, 1.165) is 24.5 Å². The topological polar surface area (TPSA) is 38.8 Å². The van der Waals surface area contributed by atoms with Crippen molar-refractivity contribution in [1.82, 2.24) is 4.90 Å². The summed E-state index contributed by atoms with van der Waals surface area (Å²) < 4.78 is 11.1. The Labute approximate surface area is 107 Å². The Hall–Kier alpha value is -1.71. The summed E-state index contributed by atoms with van der Waals surface area (Å²) in [5.41, 5.74) is 2.38. The number of carbonyl (C=O) groups is 1. The van der Waals surface area contributed by atoms with Crippen molar-refractivity contribution in [3.8, 4) is 11.5 Å². The third-order valence-corrected chi connectivity index (χ3v) is 3.25. The molecule has 0 aliphatic carbocycles. The van der Waals surface area contributed by atoms with Crippen LogP contribution < -0.4 is 9.47 Å². The Morgan fingerprint density at radius 2 is 1.89 bits per heavy atom. The van der Waals surface area contributed by atoms with Gasteiger partial charge in [-0.1, -0.05) is 0 Å². The Balaban J connectivity index is 2.11. The van der Waals surface area contributed by atoms with Gasteiger partial charge in [-0.15, -0.1) is 0 Å². The molecule has 0 saturated heterocycles. The highest BCUT2D eigenvalue weighted by Crippen LogP contribution is 2.33. The molecule has 1 aliphatic rings. The molecule has 0 atom stereocenters. The van der Waals surface area contributed by atoms with Gasteiger partial charge in [-0.3, -0.25) is 4.79 Å². The van der Waals surface area contributed by atoms with Crippen molar-refractivity contribution >= 4 is 5.91 Å². The Morgan fingerprint density at radius 1 is 1.28 bits per heavy atom. The van der Waals surface area contributed by atoms with Crippen LogP contribution >= 0.6 is 0 Å². The molecule has 0 saturated carbocycles. The summed E-state index contributed by atoms with van der Waals surface area (Å²) in [6, 6.07) is 4.04. The van der Waals surface area contributed by atoms with E-state index in [1.54, 1.807) is 11.8 Å². The molecule has 1 amide bonds. The molecular formula is C14H19NO3.